The molecule has 18 heavy (non-hydrogen) atoms. The fourth-order valence-corrected chi connectivity index (χ4v) is 1.43. The van der Waals surface area contributed by atoms with Crippen LogP contribution in [-0.4, -0.2) is 32.1 Å². The fourth-order valence-electron chi connectivity index (χ4n) is 1.43. The van der Waals surface area contributed by atoms with Gasteiger partial charge in [-0.25, -0.2) is 4.79 Å². The number of benzene rings is 1. The van der Waals surface area contributed by atoms with E-state index in [9.17, 15) is 9.59 Å². The number of carbonyl (C=O) groups excluding carboxylic acids is 2. The number of carbonyl (C=O) groups is 2. The predicted molar refractivity (Wildman–Crippen MR) is 69.6 cm³/mol. The van der Waals surface area contributed by atoms with Gasteiger partial charge in [0.15, 0.2) is 0 Å². The Morgan fingerprint density at radius 3 is 2.67 bits per heavy atom. The van der Waals surface area contributed by atoms with Gasteiger partial charge in [-0.3, -0.25) is 4.79 Å². The van der Waals surface area contributed by atoms with Crippen molar-refractivity contribution in [3.05, 3.63) is 29.8 Å². The van der Waals surface area contributed by atoms with Gasteiger partial charge in [-0.15, -0.1) is 0 Å². The van der Waals surface area contributed by atoms with E-state index in [1.54, 1.807) is 38.2 Å². The van der Waals surface area contributed by atoms with E-state index in [-0.39, 0.29) is 5.91 Å². The molecule has 0 unspecified atom stereocenters. The average Bonchev–Trinajstić information content (AvgIpc) is 2.37. The van der Waals surface area contributed by atoms with Crippen LogP contribution in [0.25, 0.3) is 0 Å². The van der Waals surface area contributed by atoms with E-state index in [0.717, 1.165) is 0 Å². The molecule has 0 aliphatic carbocycles. The van der Waals surface area contributed by atoms with Crippen molar-refractivity contribution in [3.63, 3.8) is 0 Å². The Hall–Kier alpha value is -1.88. The lowest BCUT2D eigenvalue weighted by atomic mass is 10.1. The first-order valence-electron chi connectivity index (χ1n) is 5.89. The fraction of sp³-hybridized carbons (Fsp3) is 0.385. The number of anilines is 1. The maximum Gasteiger partial charge on any atom is 0.340 e. The summed E-state index contributed by atoms with van der Waals surface area (Å²) in [6.45, 7) is 2.64. The number of para-hydroxylation sites is 1. The van der Waals surface area contributed by atoms with Crippen molar-refractivity contribution < 1.29 is 14.3 Å². The topological polar surface area (TPSA) is 67.4 Å². The van der Waals surface area contributed by atoms with Crippen LogP contribution in [0.4, 0.5) is 5.69 Å². The third-order valence-electron chi connectivity index (χ3n) is 2.30. The molecule has 0 aromatic heterocycles. The molecule has 1 aromatic rings. The highest BCUT2D eigenvalue weighted by atomic mass is 16.5. The maximum atomic E-state index is 11.7. The molecule has 2 N–H and O–H groups in total. The van der Waals surface area contributed by atoms with Crippen LogP contribution in [0.2, 0.25) is 0 Å². The Kier molecular flexibility index (Phi) is 5.87. The summed E-state index contributed by atoms with van der Waals surface area (Å²) >= 11 is 0. The van der Waals surface area contributed by atoms with Gasteiger partial charge in [0.1, 0.15) is 0 Å². The van der Waals surface area contributed by atoms with Crippen molar-refractivity contribution in [1.82, 2.24) is 5.32 Å². The second kappa shape index (κ2) is 7.45. The van der Waals surface area contributed by atoms with Crippen molar-refractivity contribution in [3.8, 4) is 0 Å². The van der Waals surface area contributed by atoms with E-state index >= 15 is 0 Å². The number of hydrogen-bond donors (Lipinski definition) is 2. The molecule has 0 radical (unpaired) electrons. The minimum atomic E-state index is -0.429. The van der Waals surface area contributed by atoms with Crippen LogP contribution >= 0.6 is 0 Å². The zero-order valence-corrected chi connectivity index (χ0v) is 10.7. The smallest absolute Gasteiger partial charge is 0.340 e. The molecular formula is C13H18N2O3. The molecule has 98 valence electrons. The summed E-state index contributed by atoms with van der Waals surface area (Å²) in [5.74, 6) is -0.567. The standard InChI is InChI=1S/C13H18N2O3/c1-3-18-13(17)10-6-4-5-7-11(10)15-12(16)8-9-14-2/h4-7,14H,3,8-9H2,1-2H3,(H,15,16). The summed E-state index contributed by atoms with van der Waals surface area (Å²) in [5.41, 5.74) is 0.856. The lowest BCUT2D eigenvalue weighted by Crippen LogP contribution is -2.20. The lowest BCUT2D eigenvalue weighted by Gasteiger charge is -2.10. The maximum absolute atomic E-state index is 11.7. The van der Waals surface area contributed by atoms with Crippen LogP contribution in [0.1, 0.15) is 23.7 Å². The molecule has 1 aromatic carbocycles. The first kappa shape index (κ1) is 14.2. The molecule has 0 spiro atoms. The average molecular weight is 250 g/mol. The molecule has 0 heterocycles. The molecule has 0 bridgehead atoms. The van der Waals surface area contributed by atoms with Gasteiger partial charge < -0.3 is 15.4 Å². The van der Waals surface area contributed by atoms with Gasteiger partial charge in [0, 0.05) is 13.0 Å². The number of ether oxygens (including phenoxy) is 1. The molecule has 1 amide bonds. The lowest BCUT2D eigenvalue weighted by molar-refractivity contribution is -0.116. The Balaban J connectivity index is 2.76. The van der Waals surface area contributed by atoms with E-state index in [0.29, 0.717) is 30.8 Å². The molecular weight excluding hydrogens is 232 g/mol. The zero-order valence-electron chi connectivity index (χ0n) is 10.7. The highest BCUT2D eigenvalue weighted by Crippen LogP contribution is 2.16. The Morgan fingerprint density at radius 1 is 1.28 bits per heavy atom. The van der Waals surface area contributed by atoms with Crippen molar-refractivity contribution in [2.45, 2.75) is 13.3 Å². The van der Waals surface area contributed by atoms with E-state index in [4.69, 9.17) is 4.74 Å². The molecule has 0 fully saturated rings. The molecule has 0 atom stereocenters. The monoisotopic (exact) mass is 250 g/mol. The molecule has 1 rings (SSSR count). The normalized spacial score (nSPS) is 9.89. The van der Waals surface area contributed by atoms with E-state index in [1.165, 1.54) is 0 Å². The van der Waals surface area contributed by atoms with Crippen molar-refractivity contribution in [1.29, 1.82) is 0 Å². The Morgan fingerprint density at radius 2 is 2.00 bits per heavy atom. The molecule has 0 saturated heterocycles. The van der Waals surface area contributed by atoms with Crippen molar-refractivity contribution >= 4 is 17.6 Å². The minimum absolute atomic E-state index is 0.138. The van der Waals surface area contributed by atoms with Crippen LogP contribution < -0.4 is 10.6 Å². The van der Waals surface area contributed by atoms with Crippen molar-refractivity contribution in [2.24, 2.45) is 0 Å². The van der Waals surface area contributed by atoms with Gasteiger partial charge in [-0.1, -0.05) is 12.1 Å². The van der Waals surface area contributed by atoms with E-state index in [1.807, 2.05) is 0 Å². The number of amides is 1. The van der Waals surface area contributed by atoms with Crippen LogP contribution in [0.3, 0.4) is 0 Å². The number of rotatable bonds is 6. The molecule has 5 nitrogen and oxygen atoms in total. The highest BCUT2D eigenvalue weighted by Gasteiger charge is 2.13. The Labute approximate surface area is 107 Å². The highest BCUT2D eigenvalue weighted by molar-refractivity contribution is 6.01. The second-order valence-corrected chi connectivity index (χ2v) is 3.67. The quantitative estimate of drug-likeness (QED) is 0.749. The summed E-state index contributed by atoms with van der Waals surface area (Å²) in [6, 6.07) is 6.81. The molecule has 0 aliphatic heterocycles. The van der Waals surface area contributed by atoms with Crippen LogP contribution in [0.15, 0.2) is 24.3 Å². The van der Waals surface area contributed by atoms with Gasteiger partial charge in [-0.05, 0) is 26.1 Å². The van der Waals surface area contributed by atoms with Gasteiger partial charge in [0.05, 0.1) is 17.9 Å². The third-order valence-corrected chi connectivity index (χ3v) is 2.30. The third kappa shape index (κ3) is 4.18. The first-order valence-corrected chi connectivity index (χ1v) is 5.89. The Bertz CT molecular complexity index is 418. The molecule has 5 heteroatoms. The largest absolute Gasteiger partial charge is 0.462 e. The number of nitrogens with one attached hydrogen (secondary N) is 2. The predicted octanol–water partition coefficient (Wildman–Crippen LogP) is 1.41. The van der Waals surface area contributed by atoms with Gasteiger partial charge >= 0.3 is 5.97 Å². The SMILES string of the molecule is CCOC(=O)c1ccccc1NC(=O)CCNC. The second-order valence-electron chi connectivity index (χ2n) is 3.67. The molecule has 0 saturated carbocycles. The summed E-state index contributed by atoms with van der Waals surface area (Å²) < 4.78 is 4.93. The van der Waals surface area contributed by atoms with Gasteiger partial charge in [0.25, 0.3) is 0 Å². The van der Waals surface area contributed by atoms with Crippen molar-refractivity contribution in [2.75, 3.05) is 25.5 Å². The van der Waals surface area contributed by atoms with E-state index < -0.39 is 5.97 Å². The van der Waals surface area contributed by atoms with Crippen LogP contribution in [0, 0.1) is 0 Å². The first-order chi connectivity index (χ1) is 8.69. The van der Waals surface area contributed by atoms with Gasteiger partial charge in [-0.2, -0.15) is 0 Å². The zero-order chi connectivity index (χ0) is 13.4. The number of esters is 1. The molecule has 0 aliphatic rings. The van der Waals surface area contributed by atoms with Crippen LogP contribution in [-0.2, 0) is 9.53 Å². The summed E-state index contributed by atoms with van der Waals surface area (Å²) in [7, 11) is 1.78. The number of hydrogen-bond acceptors (Lipinski definition) is 4. The van der Waals surface area contributed by atoms with Gasteiger partial charge in [0.2, 0.25) is 5.91 Å². The minimum Gasteiger partial charge on any atom is -0.462 e. The summed E-state index contributed by atoms with van der Waals surface area (Å²) in [5, 5.41) is 5.59. The van der Waals surface area contributed by atoms with E-state index in [2.05, 4.69) is 10.6 Å². The van der Waals surface area contributed by atoms with Crippen LogP contribution in [0.5, 0.6) is 0 Å². The summed E-state index contributed by atoms with van der Waals surface area (Å²) in [6.07, 6.45) is 0.355. The summed E-state index contributed by atoms with van der Waals surface area (Å²) in [4.78, 5) is 23.3.